The molecule has 0 aliphatic carbocycles. The summed E-state index contributed by atoms with van der Waals surface area (Å²) in [4.78, 5) is 25.0. The lowest BCUT2D eigenvalue weighted by Crippen LogP contribution is -2.22. The molecular formula is C22H27N7O3. The molecule has 0 saturated heterocycles. The summed E-state index contributed by atoms with van der Waals surface area (Å²) < 4.78 is 0. The Morgan fingerprint density at radius 3 is 2.19 bits per heavy atom. The van der Waals surface area contributed by atoms with Crippen molar-refractivity contribution < 1.29 is 9.72 Å². The number of benzene rings is 2. The number of carbonyl (C=O) groups is 1. The van der Waals surface area contributed by atoms with E-state index in [0.29, 0.717) is 11.4 Å². The minimum atomic E-state index is -0.591. The van der Waals surface area contributed by atoms with Crippen molar-refractivity contribution in [3.8, 4) is 0 Å². The maximum Gasteiger partial charge on any atom is 0.270 e. The minimum absolute atomic E-state index is 0.161. The molecule has 0 aromatic heterocycles. The Balaban J connectivity index is 2.58. The molecule has 0 spiro atoms. The lowest BCUT2D eigenvalue weighted by atomic mass is 10.1. The first kappa shape index (κ1) is 24.3. The predicted molar refractivity (Wildman–Crippen MR) is 127 cm³/mol. The highest BCUT2D eigenvalue weighted by Gasteiger charge is 2.16. The Hall–Kier alpha value is -3.95. The molecule has 0 fully saturated rings. The van der Waals surface area contributed by atoms with Crippen LogP contribution in [0.5, 0.6) is 0 Å². The average Bonchev–Trinajstić information content (AvgIpc) is 2.78. The number of nitro groups is 1. The molecule has 0 aliphatic heterocycles. The van der Waals surface area contributed by atoms with Crippen molar-refractivity contribution in [2.75, 3.05) is 23.3 Å². The molecule has 0 heterocycles. The fraction of sp³-hybridized carbons (Fsp3) is 0.318. The molecule has 3 N–H and O–H groups in total. The van der Waals surface area contributed by atoms with Crippen molar-refractivity contribution in [2.45, 2.75) is 27.7 Å². The summed E-state index contributed by atoms with van der Waals surface area (Å²) in [6.45, 7) is 9.24. The van der Waals surface area contributed by atoms with Crippen LogP contribution >= 0.6 is 0 Å². The maximum atomic E-state index is 12.3. The molecule has 0 radical (unpaired) electrons. The van der Waals surface area contributed by atoms with Gasteiger partial charge in [0.2, 0.25) is 5.91 Å². The molecular weight excluding hydrogens is 410 g/mol. The summed E-state index contributed by atoms with van der Waals surface area (Å²) in [6, 6.07) is 7.84. The minimum Gasteiger partial charge on any atom is -0.372 e. The van der Waals surface area contributed by atoms with Gasteiger partial charge in [-0.15, -0.1) is 10.2 Å². The third-order valence-corrected chi connectivity index (χ3v) is 4.82. The van der Waals surface area contributed by atoms with Crippen LogP contribution in [0.25, 0.3) is 0 Å². The molecule has 0 saturated carbocycles. The van der Waals surface area contributed by atoms with Crippen molar-refractivity contribution in [3.05, 3.63) is 51.6 Å². The second-order valence-corrected chi connectivity index (χ2v) is 7.24. The van der Waals surface area contributed by atoms with Crippen LogP contribution in [0.4, 0.5) is 28.4 Å². The van der Waals surface area contributed by atoms with Crippen molar-refractivity contribution in [1.82, 2.24) is 0 Å². The average molecular weight is 438 g/mol. The number of hydrogen-bond acceptors (Lipinski definition) is 8. The number of amides is 1. The van der Waals surface area contributed by atoms with Crippen LogP contribution in [0, 0.1) is 26.9 Å². The highest BCUT2D eigenvalue weighted by molar-refractivity contribution is 5.97. The van der Waals surface area contributed by atoms with Gasteiger partial charge in [0.15, 0.2) is 0 Å². The van der Waals surface area contributed by atoms with Crippen molar-refractivity contribution in [1.29, 1.82) is 10.8 Å². The maximum absolute atomic E-state index is 12.3. The Morgan fingerprint density at radius 2 is 1.72 bits per heavy atom. The van der Waals surface area contributed by atoms with Gasteiger partial charge in [-0.25, -0.2) is 0 Å². The Bertz CT molecular complexity index is 1030. The second kappa shape index (κ2) is 10.9. The fourth-order valence-corrected chi connectivity index (χ4v) is 2.98. The van der Waals surface area contributed by atoms with E-state index >= 15 is 0 Å². The number of nitrogens with one attached hydrogen (secondary N) is 3. The van der Waals surface area contributed by atoms with Crippen molar-refractivity contribution in [2.24, 2.45) is 16.1 Å². The zero-order valence-electron chi connectivity index (χ0n) is 18.5. The van der Waals surface area contributed by atoms with Crippen LogP contribution in [0.1, 0.15) is 38.8 Å². The summed E-state index contributed by atoms with van der Waals surface area (Å²) >= 11 is 0. The van der Waals surface area contributed by atoms with E-state index in [1.807, 2.05) is 26.0 Å². The molecule has 2 aromatic rings. The standard InChI is InChI=1S/C22H27N7O3/c1-5-28(6-2)17-7-8-19(20(11-17)25-22(30)14(3)4)26-27-21-15(12-23)9-18(29(31)32)10-16(21)13-24/h7-14,23-24H,5-6H2,1-4H3,(H,25,30). The molecule has 0 aliphatic rings. The molecule has 1 amide bonds. The smallest absolute Gasteiger partial charge is 0.270 e. The van der Waals surface area contributed by atoms with Gasteiger partial charge in [0.25, 0.3) is 5.69 Å². The molecule has 10 heteroatoms. The zero-order valence-corrected chi connectivity index (χ0v) is 18.5. The lowest BCUT2D eigenvalue weighted by Gasteiger charge is -2.22. The summed E-state index contributed by atoms with van der Waals surface area (Å²) in [5.74, 6) is -0.408. The summed E-state index contributed by atoms with van der Waals surface area (Å²) in [6.07, 6.45) is 1.86. The van der Waals surface area contributed by atoms with Crippen molar-refractivity contribution >= 4 is 46.8 Å². The van der Waals surface area contributed by atoms with Gasteiger partial charge in [-0.05, 0) is 32.0 Å². The second-order valence-electron chi connectivity index (χ2n) is 7.24. The fourth-order valence-electron chi connectivity index (χ4n) is 2.98. The van der Waals surface area contributed by atoms with Gasteiger partial charge in [-0.2, -0.15) is 0 Å². The van der Waals surface area contributed by atoms with Gasteiger partial charge in [-0.3, -0.25) is 14.9 Å². The van der Waals surface area contributed by atoms with Crippen molar-refractivity contribution in [3.63, 3.8) is 0 Å². The van der Waals surface area contributed by atoms with E-state index in [4.69, 9.17) is 10.8 Å². The Morgan fingerprint density at radius 1 is 1.12 bits per heavy atom. The van der Waals surface area contributed by atoms with E-state index in [1.54, 1.807) is 19.9 Å². The SMILES string of the molecule is CCN(CC)c1ccc(N=Nc2c(C=N)cc([N+](=O)[O-])cc2C=N)c(NC(=O)C(C)C)c1. The summed E-state index contributed by atoms with van der Waals surface area (Å²) in [7, 11) is 0. The molecule has 0 bridgehead atoms. The number of non-ortho nitro benzene ring substituents is 1. The van der Waals surface area contributed by atoms with Crippen LogP contribution in [0.2, 0.25) is 0 Å². The van der Waals surface area contributed by atoms with Gasteiger partial charge in [-0.1, -0.05) is 13.8 Å². The van der Waals surface area contributed by atoms with E-state index in [2.05, 4.69) is 20.4 Å². The first-order valence-corrected chi connectivity index (χ1v) is 10.2. The number of nitro benzene ring substituents is 1. The molecule has 10 nitrogen and oxygen atoms in total. The number of azo groups is 1. The largest absolute Gasteiger partial charge is 0.372 e. The predicted octanol–water partition coefficient (Wildman–Crippen LogP) is 5.45. The van der Waals surface area contributed by atoms with Crippen LogP contribution in [0.15, 0.2) is 40.6 Å². The highest BCUT2D eigenvalue weighted by atomic mass is 16.6. The molecule has 2 rings (SSSR count). The zero-order chi connectivity index (χ0) is 23.8. The van der Waals surface area contributed by atoms with E-state index in [-0.39, 0.29) is 34.3 Å². The van der Waals surface area contributed by atoms with Crippen LogP contribution in [-0.4, -0.2) is 36.3 Å². The van der Waals surface area contributed by atoms with E-state index in [1.165, 1.54) is 12.1 Å². The van der Waals surface area contributed by atoms with E-state index in [0.717, 1.165) is 31.2 Å². The normalized spacial score (nSPS) is 10.9. The Kier molecular flexibility index (Phi) is 8.28. The van der Waals surface area contributed by atoms with Gasteiger partial charge >= 0.3 is 0 Å². The van der Waals surface area contributed by atoms with E-state index in [9.17, 15) is 14.9 Å². The lowest BCUT2D eigenvalue weighted by molar-refractivity contribution is -0.384. The highest BCUT2D eigenvalue weighted by Crippen LogP contribution is 2.34. The number of carbonyl (C=O) groups excluding carboxylic acids is 1. The molecule has 0 atom stereocenters. The molecule has 168 valence electrons. The molecule has 2 aromatic carbocycles. The first-order chi connectivity index (χ1) is 15.2. The summed E-state index contributed by atoms with van der Waals surface area (Å²) in [5.41, 5.74) is 2.03. The first-order valence-electron chi connectivity index (χ1n) is 10.2. The van der Waals surface area contributed by atoms with Gasteiger partial charge in [0, 0.05) is 60.4 Å². The van der Waals surface area contributed by atoms with Crippen LogP contribution in [-0.2, 0) is 4.79 Å². The number of anilines is 2. The molecule has 0 unspecified atom stereocenters. The van der Waals surface area contributed by atoms with Crippen LogP contribution in [0.3, 0.4) is 0 Å². The summed E-state index contributed by atoms with van der Waals surface area (Å²) in [5, 5.41) is 37.6. The third kappa shape index (κ3) is 5.60. The monoisotopic (exact) mass is 437 g/mol. The molecule has 32 heavy (non-hydrogen) atoms. The third-order valence-electron chi connectivity index (χ3n) is 4.82. The quantitative estimate of drug-likeness (QED) is 0.196. The topological polar surface area (TPSA) is 148 Å². The van der Waals surface area contributed by atoms with Crippen LogP contribution < -0.4 is 10.2 Å². The number of hydrogen-bond donors (Lipinski definition) is 3. The van der Waals surface area contributed by atoms with E-state index < -0.39 is 4.92 Å². The number of nitrogens with zero attached hydrogens (tertiary/aromatic N) is 4. The van der Waals surface area contributed by atoms with Gasteiger partial charge < -0.3 is 21.0 Å². The van der Waals surface area contributed by atoms with Gasteiger partial charge in [0.1, 0.15) is 11.4 Å². The Labute approximate surface area is 186 Å². The number of rotatable bonds is 10. The van der Waals surface area contributed by atoms with Gasteiger partial charge in [0.05, 0.1) is 10.6 Å².